The Hall–Kier alpha value is -0.880. The van der Waals surface area contributed by atoms with Crippen LogP contribution in [0.3, 0.4) is 0 Å². The highest BCUT2D eigenvalue weighted by molar-refractivity contribution is 7.85. The van der Waals surface area contributed by atoms with E-state index in [-0.39, 0.29) is 0 Å². The summed E-state index contributed by atoms with van der Waals surface area (Å²) in [5.74, 6) is -0.901. The van der Waals surface area contributed by atoms with Crippen LogP contribution < -0.4 is 5.32 Å². The number of carbonyl (C=O) groups excluding carboxylic acids is 1. The van der Waals surface area contributed by atoms with Crippen LogP contribution in [0.15, 0.2) is 12.7 Å². The zero-order valence-corrected chi connectivity index (χ0v) is 14.8. The molecule has 1 atom stereocenters. The van der Waals surface area contributed by atoms with E-state index in [1.807, 2.05) is 0 Å². The van der Waals surface area contributed by atoms with E-state index in [0.29, 0.717) is 6.42 Å². The maximum Gasteiger partial charge on any atom is 0.267 e. The Morgan fingerprint density at radius 3 is 2.09 bits per heavy atom. The van der Waals surface area contributed by atoms with E-state index >= 15 is 0 Å². The lowest BCUT2D eigenvalue weighted by atomic mass is 9.95. The predicted molar refractivity (Wildman–Crippen MR) is 90.4 cm³/mol. The molecule has 0 aromatic heterocycles. The lowest BCUT2D eigenvalue weighted by Crippen LogP contribution is -2.50. The van der Waals surface area contributed by atoms with Crippen LogP contribution in [0.1, 0.15) is 71.6 Å². The van der Waals surface area contributed by atoms with E-state index in [9.17, 15) is 13.2 Å². The van der Waals surface area contributed by atoms with Crippen LogP contribution in [0.25, 0.3) is 0 Å². The third kappa shape index (κ3) is 11.7. The van der Waals surface area contributed by atoms with E-state index in [0.717, 1.165) is 25.3 Å². The van der Waals surface area contributed by atoms with E-state index < -0.39 is 27.3 Å². The largest absolute Gasteiger partial charge is 0.346 e. The first-order valence-corrected chi connectivity index (χ1v) is 9.73. The zero-order chi connectivity index (χ0) is 17.1. The standard InChI is InChI=1S/C16H31NO4S/c1-4-6-7-8-9-10-11-12-13-16(3,14-22(19,20)21)17-15(18)5-2/h5H,2,4,6-14H2,1,3H3,(H,17,18)(H,19,20,21). The highest BCUT2D eigenvalue weighted by Gasteiger charge is 2.30. The molecule has 6 heteroatoms. The fourth-order valence-electron chi connectivity index (χ4n) is 2.57. The van der Waals surface area contributed by atoms with Crippen molar-refractivity contribution < 1.29 is 17.8 Å². The summed E-state index contributed by atoms with van der Waals surface area (Å²) >= 11 is 0. The van der Waals surface area contributed by atoms with Gasteiger partial charge in [0.1, 0.15) is 0 Å². The number of hydrogen-bond acceptors (Lipinski definition) is 3. The Labute approximate surface area is 135 Å². The molecule has 0 bridgehead atoms. The van der Waals surface area contributed by atoms with Gasteiger partial charge in [0.25, 0.3) is 10.1 Å². The quantitative estimate of drug-likeness (QED) is 0.307. The first-order chi connectivity index (χ1) is 10.2. The van der Waals surface area contributed by atoms with Crippen LogP contribution in [-0.4, -0.2) is 30.2 Å². The van der Waals surface area contributed by atoms with Gasteiger partial charge in [0.15, 0.2) is 0 Å². The second-order valence-electron chi connectivity index (χ2n) is 6.21. The molecule has 0 aromatic carbocycles. The van der Waals surface area contributed by atoms with Gasteiger partial charge in [-0.1, -0.05) is 64.9 Å². The normalized spacial score (nSPS) is 14.3. The number of carbonyl (C=O) groups is 1. The smallest absolute Gasteiger partial charge is 0.267 e. The van der Waals surface area contributed by atoms with Crippen LogP contribution in [0.5, 0.6) is 0 Å². The third-order valence-electron chi connectivity index (χ3n) is 3.69. The molecule has 0 saturated carbocycles. The summed E-state index contributed by atoms with van der Waals surface area (Å²) in [5.41, 5.74) is -0.957. The van der Waals surface area contributed by atoms with Gasteiger partial charge in [0.05, 0.1) is 11.3 Å². The monoisotopic (exact) mass is 333 g/mol. The third-order valence-corrected chi connectivity index (χ3v) is 4.70. The van der Waals surface area contributed by atoms with E-state index in [1.54, 1.807) is 6.92 Å². The maximum atomic E-state index is 11.4. The predicted octanol–water partition coefficient (Wildman–Crippen LogP) is 3.47. The molecule has 0 rings (SSSR count). The van der Waals surface area contributed by atoms with Gasteiger partial charge in [0, 0.05) is 0 Å². The van der Waals surface area contributed by atoms with Gasteiger partial charge in [0.2, 0.25) is 5.91 Å². The van der Waals surface area contributed by atoms with Gasteiger partial charge < -0.3 is 5.32 Å². The molecule has 2 N–H and O–H groups in total. The Bertz CT molecular complexity index is 433. The highest BCUT2D eigenvalue weighted by Crippen LogP contribution is 2.18. The van der Waals surface area contributed by atoms with Crippen molar-refractivity contribution in [1.29, 1.82) is 0 Å². The van der Waals surface area contributed by atoms with Crippen LogP contribution in [-0.2, 0) is 14.9 Å². The molecule has 0 radical (unpaired) electrons. The summed E-state index contributed by atoms with van der Waals surface area (Å²) in [6, 6.07) is 0. The summed E-state index contributed by atoms with van der Waals surface area (Å²) in [5, 5.41) is 2.62. The SMILES string of the molecule is C=CC(=O)NC(C)(CCCCCCCCCC)CS(=O)(=O)O. The van der Waals surface area contributed by atoms with Crippen LogP contribution in [0, 0.1) is 0 Å². The van der Waals surface area contributed by atoms with Crippen LogP contribution >= 0.6 is 0 Å². The molecule has 0 aliphatic rings. The van der Waals surface area contributed by atoms with Crippen LogP contribution in [0.4, 0.5) is 0 Å². The minimum Gasteiger partial charge on any atom is -0.346 e. The second-order valence-corrected chi connectivity index (χ2v) is 7.66. The molecule has 1 unspecified atom stereocenters. The fourth-order valence-corrected chi connectivity index (χ4v) is 3.59. The van der Waals surface area contributed by atoms with Crippen molar-refractivity contribution in [2.24, 2.45) is 0 Å². The Morgan fingerprint density at radius 1 is 1.14 bits per heavy atom. The number of unbranched alkanes of at least 4 members (excludes halogenated alkanes) is 7. The average molecular weight is 333 g/mol. The van der Waals surface area contributed by atoms with Crippen molar-refractivity contribution in [2.45, 2.75) is 77.2 Å². The van der Waals surface area contributed by atoms with Crippen molar-refractivity contribution in [3.05, 3.63) is 12.7 Å². The summed E-state index contributed by atoms with van der Waals surface area (Å²) in [4.78, 5) is 11.4. The minimum absolute atomic E-state index is 0.425. The Kier molecular flexibility index (Phi) is 10.3. The van der Waals surface area contributed by atoms with Gasteiger partial charge in [-0.3, -0.25) is 9.35 Å². The Balaban J connectivity index is 4.19. The van der Waals surface area contributed by atoms with Gasteiger partial charge >= 0.3 is 0 Å². The van der Waals surface area contributed by atoms with Gasteiger partial charge in [-0.05, 0) is 19.4 Å². The first-order valence-electron chi connectivity index (χ1n) is 8.12. The molecule has 0 aliphatic carbocycles. The van der Waals surface area contributed by atoms with E-state index in [1.165, 1.54) is 32.1 Å². The summed E-state index contributed by atoms with van der Waals surface area (Å²) in [7, 11) is -4.14. The van der Waals surface area contributed by atoms with Crippen molar-refractivity contribution in [1.82, 2.24) is 5.32 Å². The van der Waals surface area contributed by atoms with Gasteiger partial charge in [-0.25, -0.2) is 0 Å². The van der Waals surface area contributed by atoms with Crippen molar-refractivity contribution >= 4 is 16.0 Å². The molecule has 22 heavy (non-hydrogen) atoms. The molecule has 0 aliphatic heterocycles. The molecule has 5 nitrogen and oxygen atoms in total. The lowest BCUT2D eigenvalue weighted by Gasteiger charge is -2.29. The summed E-state index contributed by atoms with van der Waals surface area (Å²) in [6.07, 6.45) is 10.8. The number of rotatable bonds is 13. The maximum absolute atomic E-state index is 11.4. The van der Waals surface area contributed by atoms with Gasteiger partial charge in [-0.15, -0.1) is 0 Å². The number of nitrogens with one attached hydrogen (secondary N) is 1. The van der Waals surface area contributed by atoms with Crippen LogP contribution in [0.2, 0.25) is 0 Å². The molecular weight excluding hydrogens is 302 g/mol. The summed E-state index contributed by atoms with van der Waals surface area (Å²) < 4.78 is 31.3. The molecule has 0 saturated heterocycles. The Morgan fingerprint density at radius 2 is 1.64 bits per heavy atom. The average Bonchev–Trinajstić information content (AvgIpc) is 2.39. The molecule has 0 spiro atoms. The lowest BCUT2D eigenvalue weighted by molar-refractivity contribution is -0.118. The minimum atomic E-state index is -4.14. The topological polar surface area (TPSA) is 83.5 Å². The van der Waals surface area contributed by atoms with Crippen molar-refractivity contribution in [2.75, 3.05) is 5.75 Å². The molecule has 0 aromatic rings. The highest BCUT2D eigenvalue weighted by atomic mass is 32.2. The first kappa shape index (κ1) is 21.1. The van der Waals surface area contributed by atoms with Gasteiger partial charge in [-0.2, -0.15) is 8.42 Å². The number of amides is 1. The van der Waals surface area contributed by atoms with Crippen molar-refractivity contribution in [3.63, 3.8) is 0 Å². The van der Waals surface area contributed by atoms with E-state index in [4.69, 9.17) is 4.55 Å². The molecule has 0 heterocycles. The fraction of sp³-hybridized carbons (Fsp3) is 0.812. The summed E-state index contributed by atoms with van der Waals surface area (Å²) in [6.45, 7) is 7.19. The molecular formula is C16H31NO4S. The van der Waals surface area contributed by atoms with E-state index in [2.05, 4.69) is 18.8 Å². The van der Waals surface area contributed by atoms with Crippen molar-refractivity contribution in [3.8, 4) is 0 Å². The molecule has 1 amide bonds. The number of hydrogen-bond donors (Lipinski definition) is 2. The molecule has 0 fully saturated rings. The second kappa shape index (κ2) is 10.8. The zero-order valence-electron chi connectivity index (χ0n) is 13.9. The molecule has 130 valence electrons.